The van der Waals surface area contributed by atoms with Crippen molar-refractivity contribution in [2.75, 3.05) is 0 Å². The van der Waals surface area contributed by atoms with Crippen molar-refractivity contribution in [1.82, 2.24) is 9.97 Å². The molecule has 1 aromatic carbocycles. The second-order valence-electron chi connectivity index (χ2n) is 4.29. The molecule has 0 fully saturated rings. The molecule has 6 heteroatoms. The Morgan fingerprint density at radius 3 is 2.90 bits per heavy atom. The van der Waals surface area contributed by atoms with Crippen LogP contribution in [-0.2, 0) is 6.42 Å². The smallest absolute Gasteiger partial charge is 0.335 e. The number of hydrogen-bond donors (Lipinski definition) is 2. The molecule has 3 rings (SSSR count). The summed E-state index contributed by atoms with van der Waals surface area (Å²) in [6.07, 6.45) is 0.281. The summed E-state index contributed by atoms with van der Waals surface area (Å²) in [4.78, 5) is 30.1. The van der Waals surface area contributed by atoms with Gasteiger partial charge in [0.1, 0.15) is 10.5 Å². The second kappa shape index (κ2) is 4.90. The molecule has 0 radical (unpaired) electrons. The molecule has 0 atom stereocenters. The third-order valence-corrected chi connectivity index (χ3v) is 3.87. The van der Waals surface area contributed by atoms with Crippen LogP contribution in [0.15, 0.2) is 40.5 Å². The van der Waals surface area contributed by atoms with Crippen LogP contribution in [0.5, 0.6) is 0 Å². The Bertz CT molecular complexity index is 851. The third-order valence-electron chi connectivity index (χ3n) is 2.97. The average Bonchev–Trinajstić information content (AvgIpc) is 2.88. The predicted octanol–water partition coefficient (Wildman–Crippen LogP) is 2.27. The zero-order chi connectivity index (χ0) is 14.1. The van der Waals surface area contributed by atoms with Gasteiger partial charge < -0.3 is 10.1 Å². The lowest BCUT2D eigenvalue weighted by Crippen LogP contribution is -2.12. The SMILES string of the molecule is O=C(O)c1ccccc1Cc1nc2ccsc2c(=O)[nH]1. The topological polar surface area (TPSA) is 83.0 Å². The molecule has 0 saturated heterocycles. The van der Waals surface area contributed by atoms with Crippen molar-refractivity contribution in [3.05, 3.63) is 63.0 Å². The first-order chi connectivity index (χ1) is 9.65. The molecule has 0 amide bonds. The Labute approximate surface area is 117 Å². The number of thiophene rings is 1. The summed E-state index contributed by atoms with van der Waals surface area (Å²) in [5.74, 6) is -0.519. The number of aromatic amines is 1. The first kappa shape index (κ1) is 12.6. The number of carboxylic acids is 1. The van der Waals surface area contributed by atoms with Gasteiger partial charge in [-0.1, -0.05) is 18.2 Å². The molecule has 5 nitrogen and oxygen atoms in total. The molecular weight excluding hydrogens is 276 g/mol. The molecule has 2 N–H and O–H groups in total. The van der Waals surface area contributed by atoms with Crippen LogP contribution in [0.3, 0.4) is 0 Å². The number of nitrogens with one attached hydrogen (secondary N) is 1. The van der Waals surface area contributed by atoms with Crippen LogP contribution < -0.4 is 5.56 Å². The van der Waals surface area contributed by atoms with Crippen LogP contribution in [0, 0.1) is 0 Å². The highest BCUT2D eigenvalue weighted by molar-refractivity contribution is 7.17. The van der Waals surface area contributed by atoms with Gasteiger partial charge in [-0.15, -0.1) is 11.3 Å². The number of carboxylic acid groups (broad SMARTS) is 1. The molecule has 3 aromatic rings. The molecule has 0 spiro atoms. The van der Waals surface area contributed by atoms with E-state index in [1.54, 1.807) is 30.3 Å². The number of carbonyl (C=O) groups is 1. The predicted molar refractivity (Wildman–Crippen MR) is 76.4 cm³/mol. The van der Waals surface area contributed by atoms with E-state index in [9.17, 15) is 9.59 Å². The number of hydrogen-bond acceptors (Lipinski definition) is 4. The highest BCUT2D eigenvalue weighted by Gasteiger charge is 2.11. The van der Waals surface area contributed by atoms with Crippen LogP contribution in [0.25, 0.3) is 10.2 Å². The molecule has 0 aliphatic rings. The fraction of sp³-hybridized carbons (Fsp3) is 0.0714. The maximum atomic E-state index is 11.9. The lowest BCUT2D eigenvalue weighted by molar-refractivity contribution is 0.0696. The normalized spacial score (nSPS) is 10.8. The van der Waals surface area contributed by atoms with Gasteiger partial charge in [-0.05, 0) is 23.1 Å². The van der Waals surface area contributed by atoms with Gasteiger partial charge in [0, 0.05) is 6.42 Å². The summed E-state index contributed by atoms with van der Waals surface area (Å²) in [5, 5.41) is 11.0. The van der Waals surface area contributed by atoms with Crippen molar-refractivity contribution < 1.29 is 9.90 Å². The standard InChI is InChI=1S/C14H10N2O3S/c17-13-12-10(5-6-20-12)15-11(16-13)7-8-3-1-2-4-9(8)14(18)19/h1-6H,7H2,(H,18,19)(H,15,16,17). The first-order valence-electron chi connectivity index (χ1n) is 5.93. The van der Waals surface area contributed by atoms with E-state index in [2.05, 4.69) is 9.97 Å². The fourth-order valence-corrected chi connectivity index (χ4v) is 2.79. The Morgan fingerprint density at radius 2 is 2.10 bits per heavy atom. The first-order valence-corrected chi connectivity index (χ1v) is 6.81. The van der Waals surface area contributed by atoms with Crippen molar-refractivity contribution in [2.24, 2.45) is 0 Å². The van der Waals surface area contributed by atoms with E-state index < -0.39 is 5.97 Å². The van der Waals surface area contributed by atoms with Gasteiger partial charge in [0.15, 0.2) is 0 Å². The molecule has 100 valence electrons. The van der Waals surface area contributed by atoms with Crippen molar-refractivity contribution in [3.63, 3.8) is 0 Å². The van der Waals surface area contributed by atoms with Gasteiger partial charge in [-0.2, -0.15) is 0 Å². The lowest BCUT2D eigenvalue weighted by Gasteiger charge is -2.05. The fourth-order valence-electron chi connectivity index (χ4n) is 2.07. The molecule has 0 saturated carbocycles. The molecule has 0 aliphatic carbocycles. The van der Waals surface area contributed by atoms with E-state index in [0.29, 0.717) is 21.6 Å². The van der Waals surface area contributed by atoms with E-state index in [1.807, 2.05) is 5.38 Å². The Kier molecular flexibility index (Phi) is 3.08. The van der Waals surface area contributed by atoms with Crippen molar-refractivity contribution in [1.29, 1.82) is 0 Å². The molecule has 0 unspecified atom stereocenters. The van der Waals surface area contributed by atoms with Gasteiger partial charge in [0.05, 0.1) is 11.1 Å². The van der Waals surface area contributed by atoms with Gasteiger partial charge >= 0.3 is 5.97 Å². The number of benzene rings is 1. The Hall–Kier alpha value is -2.47. The van der Waals surface area contributed by atoms with Crippen LogP contribution in [0.4, 0.5) is 0 Å². The molecular formula is C14H10N2O3S. The maximum Gasteiger partial charge on any atom is 0.335 e. The van der Waals surface area contributed by atoms with Crippen molar-refractivity contribution in [2.45, 2.75) is 6.42 Å². The van der Waals surface area contributed by atoms with E-state index in [1.165, 1.54) is 11.3 Å². The summed E-state index contributed by atoms with van der Waals surface area (Å²) >= 11 is 1.34. The monoisotopic (exact) mass is 286 g/mol. The summed E-state index contributed by atoms with van der Waals surface area (Å²) in [6.45, 7) is 0. The number of H-pyrrole nitrogens is 1. The van der Waals surface area contributed by atoms with Crippen LogP contribution >= 0.6 is 11.3 Å². The van der Waals surface area contributed by atoms with Crippen LogP contribution in [-0.4, -0.2) is 21.0 Å². The van der Waals surface area contributed by atoms with Gasteiger partial charge in [0.2, 0.25) is 0 Å². The van der Waals surface area contributed by atoms with Gasteiger partial charge in [-0.3, -0.25) is 4.79 Å². The van der Waals surface area contributed by atoms with Crippen molar-refractivity contribution >= 4 is 27.5 Å². The number of fused-ring (bicyclic) bond motifs is 1. The van der Waals surface area contributed by atoms with Gasteiger partial charge in [0.25, 0.3) is 5.56 Å². The number of aromatic nitrogens is 2. The Morgan fingerprint density at radius 1 is 1.30 bits per heavy atom. The zero-order valence-corrected chi connectivity index (χ0v) is 11.1. The summed E-state index contributed by atoms with van der Waals surface area (Å²) < 4.78 is 0.584. The van der Waals surface area contributed by atoms with Crippen LogP contribution in [0.1, 0.15) is 21.7 Å². The molecule has 0 aliphatic heterocycles. The molecule has 0 bridgehead atoms. The zero-order valence-electron chi connectivity index (χ0n) is 10.3. The van der Waals surface area contributed by atoms with E-state index in [-0.39, 0.29) is 17.5 Å². The van der Waals surface area contributed by atoms with E-state index >= 15 is 0 Å². The summed E-state index contributed by atoms with van der Waals surface area (Å²) in [7, 11) is 0. The molecule has 20 heavy (non-hydrogen) atoms. The third kappa shape index (κ3) is 2.21. The Balaban J connectivity index is 2.05. The van der Waals surface area contributed by atoms with Crippen LogP contribution in [0.2, 0.25) is 0 Å². The minimum Gasteiger partial charge on any atom is -0.478 e. The summed E-state index contributed by atoms with van der Waals surface area (Å²) in [6, 6.07) is 8.48. The van der Waals surface area contributed by atoms with Gasteiger partial charge in [-0.25, -0.2) is 9.78 Å². The number of aromatic carboxylic acids is 1. The minimum absolute atomic E-state index is 0.187. The maximum absolute atomic E-state index is 11.9. The van der Waals surface area contributed by atoms with Crippen molar-refractivity contribution in [3.8, 4) is 0 Å². The van der Waals surface area contributed by atoms with E-state index in [4.69, 9.17) is 5.11 Å². The minimum atomic E-state index is -0.987. The quantitative estimate of drug-likeness (QED) is 0.773. The number of nitrogens with zero attached hydrogens (tertiary/aromatic N) is 1. The number of rotatable bonds is 3. The highest BCUT2D eigenvalue weighted by Crippen LogP contribution is 2.16. The molecule has 2 aromatic heterocycles. The largest absolute Gasteiger partial charge is 0.478 e. The molecule has 2 heterocycles. The highest BCUT2D eigenvalue weighted by atomic mass is 32.1. The second-order valence-corrected chi connectivity index (χ2v) is 5.20. The lowest BCUT2D eigenvalue weighted by atomic mass is 10.0. The van der Waals surface area contributed by atoms with E-state index in [0.717, 1.165) is 0 Å². The summed E-state index contributed by atoms with van der Waals surface area (Å²) in [5.41, 5.74) is 1.30. The average molecular weight is 286 g/mol.